The first-order valence-corrected chi connectivity index (χ1v) is 8.24. The first-order valence-electron chi connectivity index (χ1n) is 8.24. The molecule has 25 heavy (non-hydrogen) atoms. The molecule has 1 amide bonds. The van der Waals surface area contributed by atoms with E-state index in [-0.39, 0.29) is 5.91 Å². The standard InChI is InChI=1S/C21H21N3O/c1-15-8-10-19(16(2)12-15)24-20-11-9-18(14-22-20)21(25)23-13-17-6-4-3-5-7-17/h3-12,14H,13H2,1-2H3,(H,22,24)(H,23,25). The van der Waals surface area contributed by atoms with E-state index in [1.807, 2.05) is 42.5 Å². The van der Waals surface area contributed by atoms with Crippen LogP contribution in [0, 0.1) is 13.8 Å². The summed E-state index contributed by atoms with van der Waals surface area (Å²) in [6.07, 6.45) is 1.59. The summed E-state index contributed by atoms with van der Waals surface area (Å²) in [4.78, 5) is 16.5. The van der Waals surface area contributed by atoms with Gasteiger partial charge in [0.2, 0.25) is 0 Å². The van der Waals surface area contributed by atoms with Crippen LogP contribution < -0.4 is 10.6 Å². The molecule has 0 saturated heterocycles. The lowest BCUT2D eigenvalue weighted by atomic mass is 10.1. The van der Waals surface area contributed by atoms with Crippen LogP contribution in [-0.2, 0) is 6.54 Å². The Morgan fingerprint density at radius 1 is 1.00 bits per heavy atom. The zero-order valence-electron chi connectivity index (χ0n) is 14.4. The smallest absolute Gasteiger partial charge is 0.253 e. The molecule has 2 N–H and O–H groups in total. The molecule has 0 fully saturated rings. The van der Waals surface area contributed by atoms with Gasteiger partial charge >= 0.3 is 0 Å². The van der Waals surface area contributed by atoms with Crippen LogP contribution in [-0.4, -0.2) is 10.9 Å². The molecule has 0 atom stereocenters. The molecule has 0 aliphatic heterocycles. The van der Waals surface area contributed by atoms with Gasteiger partial charge in [0.05, 0.1) is 5.56 Å². The zero-order valence-corrected chi connectivity index (χ0v) is 14.4. The maximum Gasteiger partial charge on any atom is 0.253 e. The van der Waals surface area contributed by atoms with Crippen LogP contribution in [0.3, 0.4) is 0 Å². The second-order valence-corrected chi connectivity index (χ2v) is 6.04. The molecule has 0 unspecified atom stereocenters. The highest BCUT2D eigenvalue weighted by molar-refractivity contribution is 5.94. The average Bonchev–Trinajstić information content (AvgIpc) is 2.63. The number of nitrogens with one attached hydrogen (secondary N) is 2. The number of hydrogen-bond acceptors (Lipinski definition) is 3. The first kappa shape index (κ1) is 16.7. The van der Waals surface area contributed by atoms with Crippen molar-refractivity contribution >= 4 is 17.4 Å². The Bertz CT molecular complexity index is 858. The van der Waals surface area contributed by atoms with Gasteiger partial charge in [-0.15, -0.1) is 0 Å². The van der Waals surface area contributed by atoms with Crippen molar-refractivity contribution in [3.05, 3.63) is 89.1 Å². The highest BCUT2D eigenvalue weighted by atomic mass is 16.1. The van der Waals surface area contributed by atoms with Crippen molar-refractivity contribution < 1.29 is 4.79 Å². The molecule has 0 aliphatic rings. The number of aryl methyl sites for hydroxylation is 2. The maximum atomic E-state index is 12.2. The van der Waals surface area contributed by atoms with Crippen molar-refractivity contribution in [2.24, 2.45) is 0 Å². The van der Waals surface area contributed by atoms with Gasteiger partial charge in [-0.2, -0.15) is 0 Å². The summed E-state index contributed by atoms with van der Waals surface area (Å²) in [6, 6.07) is 19.6. The summed E-state index contributed by atoms with van der Waals surface area (Å²) in [5.41, 5.74) is 5.01. The second kappa shape index (κ2) is 7.62. The van der Waals surface area contributed by atoms with Gasteiger partial charge in [0, 0.05) is 18.4 Å². The average molecular weight is 331 g/mol. The van der Waals surface area contributed by atoms with E-state index in [9.17, 15) is 4.79 Å². The largest absolute Gasteiger partial charge is 0.348 e. The fourth-order valence-electron chi connectivity index (χ4n) is 2.57. The lowest BCUT2D eigenvalue weighted by Gasteiger charge is -2.10. The number of hydrogen-bond donors (Lipinski definition) is 2. The SMILES string of the molecule is Cc1ccc(Nc2ccc(C(=O)NCc3ccccc3)cn2)c(C)c1. The fourth-order valence-corrected chi connectivity index (χ4v) is 2.57. The maximum absolute atomic E-state index is 12.2. The third-order valence-corrected chi connectivity index (χ3v) is 3.97. The van der Waals surface area contributed by atoms with E-state index in [0.717, 1.165) is 16.8 Å². The van der Waals surface area contributed by atoms with Crippen LogP contribution in [0.15, 0.2) is 66.9 Å². The lowest BCUT2D eigenvalue weighted by Crippen LogP contribution is -2.22. The zero-order chi connectivity index (χ0) is 17.6. The minimum atomic E-state index is -0.130. The van der Waals surface area contributed by atoms with Crippen LogP contribution in [0.4, 0.5) is 11.5 Å². The van der Waals surface area contributed by atoms with E-state index in [0.29, 0.717) is 17.9 Å². The molecule has 0 saturated carbocycles. The molecule has 1 heterocycles. The topological polar surface area (TPSA) is 54.0 Å². The Morgan fingerprint density at radius 2 is 1.80 bits per heavy atom. The number of nitrogens with zero attached hydrogens (tertiary/aromatic N) is 1. The Hall–Kier alpha value is -3.14. The van der Waals surface area contributed by atoms with Crippen LogP contribution in [0.5, 0.6) is 0 Å². The van der Waals surface area contributed by atoms with E-state index in [1.165, 1.54) is 5.56 Å². The normalized spacial score (nSPS) is 10.3. The number of aromatic nitrogens is 1. The van der Waals surface area contributed by atoms with E-state index in [1.54, 1.807) is 12.3 Å². The lowest BCUT2D eigenvalue weighted by molar-refractivity contribution is 0.0950. The molecular formula is C21H21N3O. The summed E-state index contributed by atoms with van der Waals surface area (Å²) in [7, 11) is 0. The van der Waals surface area contributed by atoms with Gasteiger partial charge in [-0.25, -0.2) is 4.98 Å². The van der Waals surface area contributed by atoms with Gasteiger partial charge in [0.15, 0.2) is 0 Å². The first-order chi connectivity index (χ1) is 12.1. The molecule has 3 rings (SSSR count). The van der Waals surface area contributed by atoms with Crippen LogP contribution in [0.1, 0.15) is 27.0 Å². The van der Waals surface area contributed by atoms with E-state index < -0.39 is 0 Å². The van der Waals surface area contributed by atoms with Gasteiger partial charge in [-0.05, 0) is 43.2 Å². The van der Waals surface area contributed by atoms with Crippen molar-refractivity contribution in [1.29, 1.82) is 0 Å². The fraction of sp³-hybridized carbons (Fsp3) is 0.143. The second-order valence-electron chi connectivity index (χ2n) is 6.04. The number of amides is 1. The quantitative estimate of drug-likeness (QED) is 0.730. The Morgan fingerprint density at radius 3 is 2.48 bits per heavy atom. The van der Waals surface area contributed by atoms with Gasteiger partial charge in [-0.1, -0.05) is 48.0 Å². The van der Waals surface area contributed by atoms with E-state index in [2.05, 4.69) is 41.6 Å². The monoisotopic (exact) mass is 331 g/mol. The van der Waals surface area contributed by atoms with Crippen molar-refractivity contribution in [1.82, 2.24) is 10.3 Å². The molecule has 0 aliphatic carbocycles. The van der Waals surface area contributed by atoms with Crippen LogP contribution >= 0.6 is 0 Å². The van der Waals surface area contributed by atoms with Crippen LogP contribution in [0.2, 0.25) is 0 Å². The van der Waals surface area contributed by atoms with Crippen molar-refractivity contribution in [2.75, 3.05) is 5.32 Å². The third-order valence-electron chi connectivity index (χ3n) is 3.97. The highest BCUT2D eigenvalue weighted by Crippen LogP contribution is 2.20. The molecule has 4 nitrogen and oxygen atoms in total. The van der Waals surface area contributed by atoms with Gasteiger partial charge < -0.3 is 10.6 Å². The number of carbonyl (C=O) groups is 1. The highest BCUT2D eigenvalue weighted by Gasteiger charge is 2.07. The molecule has 1 aromatic heterocycles. The number of benzene rings is 2. The Balaban J connectivity index is 1.62. The van der Waals surface area contributed by atoms with Crippen molar-refractivity contribution in [3.63, 3.8) is 0 Å². The number of anilines is 2. The molecule has 126 valence electrons. The molecule has 0 spiro atoms. The molecule has 3 aromatic rings. The number of pyridine rings is 1. The molecule has 0 bridgehead atoms. The summed E-state index contributed by atoms with van der Waals surface area (Å²) >= 11 is 0. The molecule has 0 radical (unpaired) electrons. The summed E-state index contributed by atoms with van der Waals surface area (Å²) in [5, 5.41) is 6.18. The summed E-state index contributed by atoms with van der Waals surface area (Å²) in [6.45, 7) is 4.63. The van der Waals surface area contributed by atoms with E-state index in [4.69, 9.17) is 0 Å². The molecule has 2 aromatic carbocycles. The number of rotatable bonds is 5. The molecular weight excluding hydrogens is 310 g/mol. The summed E-state index contributed by atoms with van der Waals surface area (Å²) in [5.74, 6) is 0.584. The minimum Gasteiger partial charge on any atom is -0.348 e. The van der Waals surface area contributed by atoms with Crippen LogP contribution in [0.25, 0.3) is 0 Å². The van der Waals surface area contributed by atoms with Crippen molar-refractivity contribution in [2.45, 2.75) is 20.4 Å². The minimum absolute atomic E-state index is 0.130. The van der Waals surface area contributed by atoms with Gasteiger partial charge in [-0.3, -0.25) is 4.79 Å². The van der Waals surface area contributed by atoms with Crippen molar-refractivity contribution in [3.8, 4) is 0 Å². The Kier molecular flexibility index (Phi) is 5.09. The molecule has 4 heteroatoms. The van der Waals surface area contributed by atoms with E-state index >= 15 is 0 Å². The Labute approximate surface area is 147 Å². The van der Waals surface area contributed by atoms with Gasteiger partial charge in [0.1, 0.15) is 5.82 Å². The number of carbonyl (C=O) groups excluding carboxylic acids is 1. The van der Waals surface area contributed by atoms with Gasteiger partial charge in [0.25, 0.3) is 5.91 Å². The predicted molar refractivity (Wildman–Crippen MR) is 101 cm³/mol. The predicted octanol–water partition coefficient (Wildman–Crippen LogP) is 4.37. The third kappa shape index (κ3) is 4.44. The summed E-state index contributed by atoms with van der Waals surface area (Å²) < 4.78 is 0.